The Labute approximate surface area is 174 Å². The monoisotopic (exact) mass is 425 g/mol. The van der Waals surface area contributed by atoms with E-state index < -0.39 is 10.0 Å². The molecule has 1 amide bonds. The molecule has 3 rings (SSSR count). The van der Waals surface area contributed by atoms with E-state index in [4.69, 9.17) is 4.52 Å². The fourth-order valence-electron chi connectivity index (χ4n) is 4.78. The number of sulfonamides is 1. The van der Waals surface area contributed by atoms with Crippen LogP contribution in [0.4, 0.5) is 0 Å². The van der Waals surface area contributed by atoms with Crippen molar-refractivity contribution in [2.45, 2.75) is 77.0 Å². The molecule has 0 aromatic carbocycles. The molecule has 164 valence electrons. The molecule has 8 heteroatoms. The molecule has 0 bridgehead atoms. The highest BCUT2D eigenvalue weighted by Gasteiger charge is 2.34. The van der Waals surface area contributed by atoms with Crippen LogP contribution in [0.2, 0.25) is 0 Å². The lowest BCUT2D eigenvalue weighted by atomic mass is 9.79. The lowest BCUT2D eigenvalue weighted by Crippen LogP contribution is -2.41. The molecular formula is C21H35N3O4S. The highest BCUT2D eigenvalue weighted by molar-refractivity contribution is 7.89. The Hall–Kier alpha value is -1.41. The van der Waals surface area contributed by atoms with Gasteiger partial charge in [-0.1, -0.05) is 31.3 Å². The van der Waals surface area contributed by atoms with Gasteiger partial charge in [0.05, 0.1) is 0 Å². The molecule has 7 nitrogen and oxygen atoms in total. The van der Waals surface area contributed by atoms with Gasteiger partial charge in [0.15, 0.2) is 5.76 Å². The highest BCUT2D eigenvalue weighted by Crippen LogP contribution is 2.33. The number of nitrogens with zero attached hydrogens (tertiary/aromatic N) is 3. The summed E-state index contributed by atoms with van der Waals surface area (Å²) in [7, 11) is -3.65. The number of carbonyl (C=O) groups is 1. The number of hydrogen-bond acceptors (Lipinski definition) is 5. The third-order valence-electron chi connectivity index (χ3n) is 6.49. The number of unbranched alkanes of at least 4 members (excludes halogenated alkanes) is 1. The number of carbonyl (C=O) groups excluding carboxylic acids is 1. The summed E-state index contributed by atoms with van der Waals surface area (Å²) in [4.78, 5) is 15.1. The van der Waals surface area contributed by atoms with Crippen molar-refractivity contribution in [2.24, 2.45) is 11.8 Å². The van der Waals surface area contributed by atoms with Crippen LogP contribution in [0.1, 0.15) is 69.7 Å². The van der Waals surface area contributed by atoms with Crippen LogP contribution in [-0.2, 0) is 14.8 Å². The molecule has 0 unspecified atom stereocenters. The lowest BCUT2D eigenvalue weighted by molar-refractivity contribution is -0.136. The second kappa shape index (κ2) is 9.60. The fraction of sp³-hybridized carbons (Fsp3) is 0.810. The van der Waals surface area contributed by atoms with E-state index in [1.165, 1.54) is 23.6 Å². The molecule has 0 N–H and O–H groups in total. The Kier molecular flexibility index (Phi) is 7.37. The first kappa shape index (κ1) is 22.3. The van der Waals surface area contributed by atoms with Gasteiger partial charge in [0, 0.05) is 32.1 Å². The maximum Gasteiger partial charge on any atom is 0.248 e. The number of aromatic nitrogens is 1. The van der Waals surface area contributed by atoms with Gasteiger partial charge in [0.25, 0.3) is 0 Å². The Balaban J connectivity index is 1.58. The lowest BCUT2D eigenvalue weighted by Gasteiger charge is -2.31. The van der Waals surface area contributed by atoms with Crippen LogP contribution in [0.5, 0.6) is 0 Å². The van der Waals surface area contributed by atoms with Gasteiger partial charge in [-0.2, -0.15) is 4.31 Å². The summed E-state index contributed by atoms with van der Waals surface area (Å²) < 4.78 is 32.7. The van der Waals surface area contributed by atoms with Crippen LogP contribution in [0.15, 0.2) is 9.42 Å². The van der Waals surface area contributed by atoms with Crippen molar-refractivity contribution in [3.63, 3.8) is 0 Å². The van der Waals surface area contributed by atoms with E-state index in [1.807, 2.05) is 4.90 Å². The van der Waals surface area contributed by atoms with E-state index in [-0.39, 0.29) is 16.7 Å². The van der Waals surface area contributed by atoms with Crippen LogP contribution in [0.3, 0.4) is 0 Å². The Morgan fingerprint density at radius 3 is 2.45 bits per heavy atom. The fourth-order valence-corrected chi connectivity index (χ4v) is 6.54. The average molecular weight is 426 g/mol. The number of hydrogen-bond donors (Lipinski definition) is 0. The van der Waals surface area contributed by atoms with Crippen molar-refractivity contribution in [1.29, 1.82) is 0 Å². The van der Waals surface area contributed by atoms with Gasteiger partial charge in [-0.05, 0) is 51.9 Å². The van der Waals surface area contributed by atoms with Gasteiger partial charge in [0.2, 0.25) is 15.9 Å². The van der Waals surface area contributed by atoms with E-state index in [1.54, 1.807) is 13.8 Å². The van der Waals surface area contributed by atoms with Gasteiger partial charge in [0.1, 0.15) is 10.6 Å². The molecule has 0 radical (unpaired) electrons. The molecule has 1 saturated carbocycles. The van der Waals surface area contributed by atoms with Crippen LogP contribution >= 0.6 is 0 Å². The Bertz CT molecular complexity index is 777. The zero-order chi connectivity index (χ0) is 21.0. The van der Waals surface area contributed by atoms with Crippen molar-refractivity contribution < 1.29 is 17.7 Å². The molecule has 2 fully saturated rings. The summed E-state index contributed by atoms with van der Waals surface area (Å²) in [6, 6.07) is 0. The topological polar surface area (TPSA) is 83.7 Å². The molecule has 2 heterocycles. The van der Waals surface area contributed by atoms with E-state index in [2.05, 4.69) is 12.1 Å². The van der Waals surface area contributed by atoms with E-state index in [9.17, 15) is 13.2 Å². The maximum atomic E-state index is 13.1. The van der Waals surface area contributed by atoms with E-state index >= 15 is 0 Å². The normalized spacial score (nSPS) is 24.4. The minimum absolute atomic E-state index is 0.110. The van der Waals surface area contributed by atoms with Crippen molar-refractivity contribution in [3.8, 4) is 0 Å². The molecule has 1 aromatic rings. The number of aryl methyl sites for hydroxylation is 2. The van der Waals surface area contributed by atoms with Gasteiger partial charge >= 0.3 is 0 Å². The SMILES string of the molecule is CCCCC1CCC(C(=O)N2CCCN(S(=O)(=O)c3c(C)noc3C)CC2)CC1. The number of amides is 1. The summed E-state index contributed by atoms with van der Waals surface area (Å²) in [6.45, 7) is 7.32. The first-order chi connectivity index (χ1) is 13.8. The largest absolute Gasteiger partial charge is 0.360 e. The summed E-state index contributed by atoms with van der Waals surface area (Å²) in [5.41, 5.74) is 0.388. The first-order valence-corrected chi connectivity index (χ1v) is 12.5. The van der Waals surface area contributed by atoms with E-state index in [0.717, 1.165) is 31.6 Å². The molecule has 1 aliphatic heterocycles. The van der Waals surface area contributed by atoms with Crippen molar-refractivity contribution in [3.05, 3.63) is 11.5 Å². The predicted octanol–water partition coefficient (Wildman–Crippen LogP) is 3.51. The quantitative estimate of drug-likeness (QED) is 0.696. The molecule has 0 atom stereocenters. The average Bonchev–Trinajstić information content (AvgIpc) is 2.91. The molecule has 2 aliphatic rings. The molecule has 1 aromatic heterocycles. The van der Waals surface area contributed by atoms with Gasteiger partial charge in [-0.25, -0.2) is 8.42 Å². The second-order valence-corrected chi connectivity index (χ2v) is 10.5. The zero-order valence-corrected chi connectivity index (χ0v) is 18.8. The maximum absolute atomic E-state index is 13.1. The molecule has 1 aliphatic carbocycles. The summed E-state index contributed by atoms with van der Waals surface area (Å²) >= 11 is 0. The first-order valence-electron chi connectivity index (χ1n) is 11.1. The van der Waals surface area contributed by atoms with Crippen molar-refractivity contribution >= 4 is 15.9 Å². The van der Waals surface area contributed by atoms with Gasteiger partial charge in [-0.15, -0.1) is 0 Å². The van der Waals surface area contributed by atoms with E-state index in [0.29, 0.717) is 44.1 Å². The van der Waals surface area contributed by atoms with Crippen molar-refractivity contribution in [1.82, 2.24) is 14.4 Å². The highest BCUT2D eigenvalue weighted by atomic mass is 32.2. The Morgan fingerprint density at radius 1 is 1.10 bits per heavy atom. The summed E-state index contributed by atoms with van der Waals surface area (Å²) in [6.07, 6.45) is 8.71. The molecule has 29 heavy (non-hydrogen) atoms. The smallest absolute Gasteiger partial charge is 0.248 e. The standard InChI is InChI=1S/C21H35N3O4S/c1-4-5-7-18-8-10-19(11-9-18)21(25)23-12-6-13-24(15-14-23)29(26,27)20-16(2)22-28-17(20)3/h18-19H,4-15H2,1-3H3. The molecule has 0 spiro atoms. The third-order valence-corrected chi connectivity index (χ3v) is 8.64. The number of rotatable bonds is 6. The summed E-state index contributed by atoms with van der Waals surface area (Å²) in [5, 5.41) is 3.78. The minimum Gasteiger partial charge on any atom is -0.360 e. The van der Waals surface area contributed by atoms with Gasteiger partial charge in [-0.3, -0.25) is 4.79 Å². The zero-order valence-electron chi connectivity index (χ0n) is 18.0. The third kappa shape index (κ3) is 5.02. The molecular weight excluding hydrogens is 390 g/mol. The van der Waals surface area contributed by atoms with Crippen LogP contribution in [-0.4, -0.2) is 54.9 Å². The van der Waals surface area contributed by atoms with Gasteiger partial charge < -0.3 is 9.42 Å². The van der Waals surface area contributed by atoms with Crippen LogP contribution < -0.4 is 0 Å². The molecule has 1 saturated heterocycles. The minimum atomic E-state index is -3.65. The predicted molar refractivity (Wildman–Crippen MR) is 111 cm³/mol. The summed E-state index contributed by atoms with van der Waals surface area (Å²) in [5.74, 6) is 1.42. The van der Waals surface area contributed by atoms with Crippen LogP contribution in [0.25, 0.3) is 0 Å². The van der Waals surface area contributed by atoms with Crippen molar-refractivity contribution in [2.75, 3.05) is 26.2 Å². The Morgan fingerprint density at radius 2 is 1.83 bits per heavy atom. The van der Waals surface area contributed by atoms with Crippen LogP contribution in [0, 0.1) is 25.7 Å². The second-order valence-electron chi connectivity index (χ2n) is 8.60.